The van der Waals surface area contributed by atoms with Crippen LogP contribution in [0.2, 0.25) is 0 Å². The van der Waals surface area contributed by atoms with Gasteiger partial charge in [-0.05, 0) is 26.0 Å². The minimum atomic E-state index is 0.0712. The van der Waals surface area contributed by atoms with Gasteiger partial charge in [0.2, 0.25) is 0 Å². The number of rotatable bonds is 3. The predicted octanol–water partition coefficient (Wildman–Crippen LogP) is 1.97. The molecule has 0 saturated carbocycles. The van der Waals surface area contributed by atoms with Gasteiger partial charge in [-0.15, -0.1) is 0 Å². The second-order valence-electron chi connectivity index (χ2n) is 5.08. The number of hydrogen-bond donors (Lipinski definition) is 1. The van der Waals surface area contributed by atoms with Gasteiger partial charge < -0.3 is 10.2 Å². The molecule has 1 aliphatic rings. The van der Waals surface area contributed by atoms with Gasteiger partial charge in [-0.1, -0.05) is 12.1 Å². The quantitative estimate of drug-likeness (QED) is 0.841. The normalized spacial score (nSPS) is 22.9. The molecule has 2 unspecified atom stereocenters. The van der Waals surface area contributed by atoms with Crippen molar-refractivity contribution < 1.29 is 4.79 Å². The Labute approximate surface area is 114 Å². The Kier molecular flexibility index (Phi) is 4.18. The molecule has 0 amide bonds. The molecule has 1 fully saturated rings. The molecule has 0 aliphatic carbocycles. The lowest BCUT2D eigenvalue weighted by Crippen LogP contribution is -2.55. The molecule has 4 heteroatoms. The van der Waals surface area contributed by atoms with E-state index in [0.717, 1.165) is 24.3 Å². The maximum absolute atomic E-state index is 11.5. The van der Waals surface area contributed by atoms with Crippen molar-refractivity contribution in [2.24, 2.45) is 0 Å². The van der Waals surface area contributed by atoms with Crippen molar-refractivity contribution in [1.29, 1.82) is 5.26 Å². The number of piperazine rings is 1. The van der Waals surface area contributed by atoms with Crippen LogP contribution in [0.4, 0.5) is 5.69 Å². The SMILES string of the molecule is CC(=O)c1cccc(N2CC(C)NCC2CC#N)c1. The number of carbonyl (C=O) groups is 1. The van der Waals surface area contributed by atoms with E-state index in [1.165, 1.54) is 0 Å². The first-order chi connectivity index (χ1) is 9.11. The lowest BCUT2D eigenvalue weighted by molar-refractivity contribution is 0.101. The lowest BCUT2D eigenvalue weighted by atomic mass is 10.0. The number of nitriles is 1. The van der Waals surface area contributed by atoms with Crippen LogP contribution in [0.25, 0.3) is 0 Å². The summed E-state index contributed by atoms with van der Waals surface area (Å²) >= 11 is 0. The summed E-state index contributed by atoms with van der Waals surface area (Å²) < 4.78 is 0. The van der Waals surface area contributed by atoms with Crippen LogP contribution in [0.1, 0.15) is 30.6 Å². The summed E-state index contributed by atoms with van der Waals surface area (Å²) in [6.07, 6.45) is 0.490. The molecule has 1 aromatic rings. The van der Waals surface area contributed by atoms with E-state index >= 15 is 0 Å². The highest BCUT2D eigenvalue weighted by Gasteiger charge is 2.26. The molecular weight excluding hydrogens is 238 g/mol. The number of benzene rings is 1. The van der Waals surface area contributed by atoms with Crippen molar-refractivity contribution in [1.82, 2.24) is 5.32 Å². The van der Waals surface area contributed by atoms with Crippen LogP contribution >= 0.6 is 0 Å². The van der Waals surface area contributed by atoms with E-state index in [9.17, 15) is 4.79 Å². The molecule has 0 aromatic heterocycles. The zero-order valence-corrected chi connectivity index (χ0v) is 11.4. The fraction of sp³-hybridized carbons (Fsp3) is 0.467. The van der Waals surface area contributed by atoms with E-state index in [0.29, 0.717) is 12.5 Å². The molecule has 1 aliphatic heterocycles. The van der Waals surface area contributed by atoms with Crippen molar-refractivity contribution in [3.63, 3.8) is 0 Å². The van der Waals surface area contributed by atoms with Gasteiger partial charge in [0.1, 0.15) is 0 Å². The highest BCUT2D eigenvalue weighted by Crippen LogP contribution is 2.22. The number of nitrogens with one attached hydrogen (secondary N) is 1. The molecule has 1 aromatic carbocycles. The van der Waals surface area contributed by atoms with Crippen molar-refractivity contribution in [2.45, 2.75) is 32.4 Å². The Bertz CT molecular complexity index is 506. The first-order valence-corrected chi connectivity index (χ1v) is 6.60. The van der Waals surface area contributed by atoms with Crippen molar-refractivity contribution in [3.05, 3.63) is 29.8 Å². The zero-order valence-electron chi connectivity index (χ0n) is 11.4. The number of carbonyl (C=O) groups excluding carboxylic acids is 1. The molecule has 4 nitrogen and oxygen atoms in total. The van der Waals surface area contributed by atoms with Gasteiger partial charge in [-0.3, -0.25) is 4.79 Å². The van der Waals surface area contributed by atoms with Crippen molar-refractivity contribution in [3.8, 4) is 6.07 Å². The summed E-state index contributed by atoms with van der Waals surface area (Å²) in [6.45, 7) is 5.36. The standard InChI is InChI=1S/C15H19N3O/c1-11-10-18(15(6-7-16)9-17-11)14-5-3-4-13(8-14)12(2)19/h3-5,8,11,15,17H,6,9-10H2,1-2H3. The molecule has 1 saturated heterocycles. The number of ketones is 1. The first-order valence-electron chi connectivity index (χ1n) is 6.60. The molecule has 19 heavy (non-hydrogen) atoms. The molecule has 2 rings (SSSR count). The van der Waals surface area contributed by atoms with E-state index in [4.69, 9.17) is 5.26 Å². The maximum Gasteiger partial charge on any atom is 0.159 e. The van der Waals surface area contributed by atoms with Gasteiger partial charge in [0.25, 0.3) is 0 Å². The van der Waals surface area contributed by atoms with Gasteiger partial charge in [-0.2, -0.15) is 5.26 Å². The molecule has 0 spiro atoms. The van der Waals surface area contributed by atoms with E-state index in [-0.39, 0.29) is 11.8 Å². The van der Waals surface area contributed by atoms with E-state index in [1.54, 1.807) is 6.92 Å². The molecular formula is C15H19N3O. The van der Waals surface area contributed by atoms with Crippen LogP contribution in [0.5, 0.6) is 0 Å². The minimum absolute atomic E-state index is 0.0712. The lowest BCUT2D eigenvalue weighted by Gasteiger charge is -2.40. The summed E-state index contributed by atoms with van der Waals surface area (Å²) in [5.41, 5.74) is 1.75. The molecule has 2 atom stereocenters. The van der Waals surface area contributed by atoms with Gasteiger partial charge in [0.05, 0.1) is 18.5 Å². The third-order valence-electron chi connectivity index (χ3n) is 3.52. The minimum Gasteiger partial charge on any atom is -0.365 e. The van der Waals surface area contributed by atoms with Crippen LogP contribution in [0.15, 0.2) is 24.3 Å². The van der Waals surface area contributed by atoms with E-state index in [2.05, 4.69) is 23.2 Å². The zero-order chi connectivity index (χ0) is 13.8. The Morgan fingerprint density at radius 1 is 1.58 bits per heavy atom. The second kappa shape index (κ2) is 5.85. The summed E-state index contributed by atoms with van der Waals surface area (Å²) in [7, 11) is 0. The summed E-state index contributed by atoms with van der Waals surface area (Å²) in [5, 5.41) is 12.3. The van der Waals surface area contributed by atoms with Gasteiger partial charge in [0.15, 0.2) is 5.78 Å². The van der Waals surface area contributed by atoms with Crippen LogP contribution in [0, 0.1) is 11.3 Å². The number of hydrogen-bond acceptors (Lipinski definition) is 4. The van der Waals surface area contributed by atoms with E-state index in [1.807, 2.05) is 24.3 Å². The van der Waals surface area contributed by atoms with Crippen LogP contribution in [0.3, 0.4) is 0 Å². The molecule has 1 N–H and O–H groups in total. The largest absolute Gasteiger partial charge is 0.365 e. The fourth-order valence-corrected chi connectivity index (χ4v) is 2.46. The highest BCUT2D eigenvalue weighted by atomic mass is 16.1. The van der Waals surface area contributed by atoms with Gasteiger partial charge in [0, 0.05) is 30.4 Å². The fourth-order valence-electron chi connectivity index (χ4n) is 2.46. The molecule has 0 bridgehead atoms. The highest BCUT2D eigenvalue weighted by molar-refractivity contribution is 5.95. The van der Waals surface area contributed by atoms with Gasteiger partial charge in [-0.25, -0.2) is 0 Å². The van der Waals surface area contributed by atoms with Crippen LogP contribution in [-0.4, -0.2) is 31.0 Å². The first kappa shape index (κ1) is 13.6. The summed E-state index contributed by atoms with van der Waals surface area (Å²) in [4.78, 5) is 13.7. The van der Waals surface area contributed by atoms with Crippen LogP contribution < -0.4 is 10.2 Å². The third-order valence-corrected chi connectivity index (χ3v) is 3.52. The molecule has 1 heterocycles. The van der Waals surface area contributed by atoms with Crippen molar-refractivity contribution in [2.75, 3.05) is 18.0 Å². The number of Topliss-reactive ketones (excluding diaryl/α,β-unsaturated/α-hetero) is 1. The summed E-state index contributed by atoms with van der Waals surface area (Å²) in [5.74, 6) is 0.0712. The molecule has 100 valence electrons. The van der Waals surface area contributed by atoms with Crippen LogP contribution in [-0.2, 0) is 0 Å². The second-order valence-corrected chi connectivity index (χ2v) is 5.08. The number of nitrogens with zero attached hydrogens (tertiary/aromatic N) is 2. The smallest absolute Gasteiger partial charge is 0.159 e. The Hall–Kier alpha value is -1.86. The average molecular weight is 257 g/mol. The number of anilines is 1. The Balaban J connectivity index is 2.28. The van der Waals surface area contributed by atoms with E-state index < -0.39 is 0 Å². The third kappa shape index (κ3) is 3.12. The van der Waals surface area contributed by atoms with Gasteiger partial charge >= 0.3 is 0 Å². The Morgan fingerprint density at radius 2 is 2.37 bits per heavy atom. The Morgan fingerprint density at radius 3 is 3.05 bits per heavy atom. The predicted molar refractivity (Wildman–Crippen MR) is 75.3 cm³/mol. The summed E-state index contributed by atoms with van der Waals surface area (Å²) in [6, 6.07) is 10.5. The monoisotopic (exact) mass is 257 g/mol. The maximum atomic E-state index is 11.5. The van der Waals surface area contributed by atoms with Crippen molar-refractivity contribution >= 4 is 11.5 Å². The average Bonchev–Trinajstić information content (AvgIpc) is 2.41. The topological polar surface area (TPSA) is 56.1 Å². The molecule has 0 radical (unpaired) electrons.